The highest BCUT2D eigenvalue weighted by Gasteiger charge is 2.10. The summed E-state index contributed by atoms with van der Waals surface area (Å²) >= 11 is 1.57. The summed E-state index contributed by atoms with van der Waals surface area (Å²) in [5, 5.41) is 3.71. The maximum Gasteiger partial charge on any atom is 0.227 e. The van der Waals surface area contributed by atoms with Crippen molar-refractivity contribution >= 4 is 27.5 Å². The lowest BCUT2D eigenvalue weighted by atomic mass is 10.1. The third-order valence-corrected chi connectivity index (χ3v) is 4.94. The molecule has 4 aromatic rings. The van der Waals surface area contributed by atoms with Gasteiger partial charge in [0.25, 0.3) is 0 Å². The van der Waals surface area contributed by atoms with Crippen molar-refractivity contribution in [3.05, 3.63) is 77.7 Å². The van der Waals surface area contributed by atoms with Crippen LogP contribution < -0.4 is 5.32 Å². The molecular weight excluding hydrogens is 332 g/mol. The largest absolute Gasteiger partial charge is 0.472 e. The molecule has 0 fully saturated rings. The third-order valence-electron chi connectivity index (χ3n) is 3.92. The van der Waals surface area contributed by atoms with E-state index in [-0.39, 0.29) is 12.3 Å². The molecule has 2 aromatic heterocycles. The Morgan fingerprint density at radius 2 is 1.96 bits per heavy atom. The second-order valence-electron chi connectivity index (χ2n) is 5.74. The van der Waals surface area contributed by atoms with Crippen molar-refractivity contribution in [1.82, 2.24) is 10.3 Å². The Kier molecular flexibility index (Phi) is 4.31. The lowest BCUT2D eigenvalue weighted by Crippen LogP contribution is -2.24. The van der Waals surface area contributed by atoms with Crippen molar-refractivity contribution in [2.24, 2.45) is 0 Å². The fourth-order valence-corrected chi connectivity index (χ4v) is 3.66. The second-order valence-corrected chi connectivity index (χ2v) is 6.86. The van der Waals surface area contributed by atoms with Gasteiger partial charge in [0, 0.05) is 12.1 Å². The van der Waals surface area contributed by atoms with Crippen LogP contribution in [0.3, 0.4) is 0 Å². The van der Waals surface area contributed by atoms with E-state index in [0.29, 0.717) is 6.54 Å². The van der Waals surface area contributed by atoms with Crippen LogP contribution in [-0.2, 0) is 17.8 Å². The average molecular weight is 348 g/mol. The van der Waals surface area contributed by atoms with E-state index < -0.39 is 0 Å². The maximum atomic E-state index is 12.1. The van der Waals surface area contributed by atoms with E-state index in [2.05, 4.69) is 34.6 Å². The molecule has 2 heterocycles. The Balaban J connectivity index is 1.48. The zero-order valence-electron chi connectivity index (χ0n) is 13.4. The van der Waals surface area contributed by atoms with Crippen LogP contribution in [0.4, 0.5) is 0 Å². The fraction of sp³-hybridized carbons (Fsp3) is 0.100. The molecule has 1 amide bonds. The standard InChI is InChI=1S/C20H16N2O2S/c23-19(21-12-14-8-9-24-13-14)11-20-22-17-7-6-16(10-18(17)25-20)15-4-2-1-3-5-15/h1-10,13H,11-12H2,(H,21,23). The van der Waals surface area contributed by atoms with Gasteiger partial charge in [-0.05, 0) is 29.3 Å². The number of rotatable bonds is 5. The molecule has 0 saturated carbocycles. The van der Waals surface area contributed by atoms with Crippen LogP contribution in [-0.4, -0.2) is 10.9 Å². The molecule has 0 aliphatic rings. The number of benzene rings is 2. The Morgan fingerprint density at radius 3 is 2.76 bits per heavy atom. The number of aromatic nitrogens is 1. The SMILES string of the molecule is O=C(Cc1nc2ccc(-c3ccccc3)cc2s1)NCc1ccoc1. The summed E-state index contributed by atoms with van der Waals surface area (Å²) in [5.74, 6) is -0.0384. The van der Waals surface area contributed by atoms with Crippen LogP contribution in [0.25, 0.3) is 21.3 Å². The number of nitrogens with zero attached hydrogens (tertiary/aromatic N) is 1. The lowest BCUT2D eigenvalue weighted by Gasteiger charge is -2.00. The minimum absolute atomic E-state index is 0.0384. The van der Waals surface area contributed by atoms with Gasteiger partial charge in [-0.15, -0.1) is 11.3 Å². The van der Waals surface area contributed by atoms with Gasteiger partial charge in [-0.25, -0.2) is 4.98 Å². The highest BCUT2D eigenvalue weighted by atomic mass is 32.1. The van der Waals surface area contributed by atoms with Crippen LogP contribution in [0.2, 0.25) is 0 Å². The van der Waals surface area contributed by atoms with E-state index in [4.69, 9.17) is 4.42 Å². The number of amides is 1. The number of hydrogen-bond acceptors (Lipinski definition) is 4. The summed E-state index contributed by atoms with van der Waals surface area (Å²) in [4.78, 5) is 16.7. The molecule has 25 heavy (non-hydrogen) atoms. The van der Waals surface area contributed by atoms with Crippen LogP contribution in [0, 0.1) is 0 Å². The van der Waals surface area contributed by atoms with Gasteiger partial charge in [0.2, 0.25) is 5.91 Å². The zero-order chi connectivity index (χ0) is 17.1. The van der Waals surface area contributed by atoms with Crippen molar-refractivity contribution in [2.45, 2.75) is 13.0 Å². The van der Waals surface area contributed by atoms with Gasteiger partial charge >= 0.3 is 0 Å². The van der Waals surface area contributed by atoms with Gasteiger partial charge in [-0.2, -0.15) is 0 Å². The van der Waals surface area contributed by atoms with Gasteiger partial charge < -0.3 is 9.73 Å². The van der Waals surface area contributed by atoms with E-state index in [1.165, 1.54) is 5.56 Å². The molecule has 0 aliphatic carbocycles. The Hall–Kier alpha value is -2.92. The number of thiazole rings is 1. The number of carbonyl (C=O) groups excluding carboxylic acids is 1. The number of hydrogen-bond donors (Lipinski definition) is 1. The lowest BCUT2D eigenvalue weighted by molar-refractivity contribution is -0.120. The Bertz CT molecular complexity index is 991. The molecule has 0 saturated heterocycles. The first-order valence-corrected chi connectivity index (χ1v) is 8.82. The molecule has 2 aromatic carbocycles. The molecule has 4 nitrogen and oxygen atoms in total. The van der Waals surface area contributed by atoms with Gasteiger partial charge in [-0.3, -0.25) is 4.79 Å². The Morgan fingerprint density at radius 1 is 1.08 bits per heavy atom. The summed E-state index contributed by atoms with van der Waals surface area (Å²) in [6.45, 7) is 0.471. The monoisotopic (exact) mass is 348 g/mol. The van der Waals surface area contributed by atoms with Crippen LogP contribution in [0.15, 0.2) is 71.5 Å². The maximum absolute atomic E-state index is 12.1. The second kappa shape index (κ2) is 6.91. The summed E-state index contributed by atoms with van der Waals surface area (Å²) in [6.07, 6.45) is 3.51. The number of furan rings is 1. The van der Waals surface area contributed by atoms with E-state index in [9.17, 15) is 4.79 Å². The molecule has 1 N–H and O–H groups in total. The molecule has 0 atom stereocenters. The van der Waals surface area contributed by atoms with Gasteiger partial charge in [0.1, 0.15) is 5.01 Å². The molecule has 0 aliphatic heterocycles. The number of carbonyl (C=O) groups is 1. The van der Waals surface area contributed by atoms with Crippen LogP contribution in [0.1, 0.15) is 10.6 Å². The topological polar surface area (TPSA) is 55.1 Å². The quantitative estimate of drug-likeness (QED) is 0.581. The van der Waals surface area contributed by atoms with E-state index in [0.717, 1.165) is 26.4 Å². The van der Waals surface area contributed by atoms with Gasteiger partial charge in [0.05, 0.1) is 29.2 Å². The first-order valence-electron chi connectivity index (χ1n) is 8.00. The smallest absolute Gasteiger partial charge is 0.227 e. The van der Waals surface area contributed by atoms with Crippen molar-refractivity contribution < 1.29 is 9.21 Å². The van der Waals surface area contributed by atoms with Crippen LogP contribution >= 0.6 is 11.3 Å². The Labute approximate surface area is 149 Å². The first-order chi connectivity index (χ1) is 12.3. The first kappa shape index (κ1) is 15.6. The highest BCUT2D eigenvalue weighted by molar-refractivity contribution is 7.18. The minimum atomic E-state index is -0.0384. The zero-order valence-corrected chi connectivity index (χ0v) is 14.3. The van der Waals surface area contributed by atoms with Crippen molar-refractivity contribution in [3.8, 4) is 11.1 Å². The van der Waals surface area contributed by atoms with Crippen molar-refractivity contribution in [3.63, 3.8) is 0 Å². The van der Waals surface area contributed by atoms with Gasteiger partial charge in [-0.1, -0.05) is 36.4 Å². The molecule has 124 valence electrons. The molecule has 0 spiro atoms. The van der Waals surface area contributed by atoms with Crippen molar-refractivity contribution in [1.29, 1.82) is 0 Å². The van der Waals surface area contributed by atoms with Crippen LogP contribution in [0.5, 0.6) is 0 Å². The van der Waals surface area contributed by atoms with Gasteiger partial charge in [0.15, 0.2) is 0 Å². The van der Waals surface area contributed by atoms with E-state index in [1.807, 2.05) is 30.3 Å². The summed E-state index contributed by atoms with van der Waals surface area (Å²) < 4.78 is 6.09. The summed E-state index contributed by atoms with van der Waals surface area (Å²) in [5.41, 5.74) is 4.22. The fourth-order valence-electron chi connectivity index (χ4n) is 2.65. The molecule has 5 heteroatoms. The average Bonchev–Trinajstić information content (AvgIpc) is 3.29. The van der Waals surface area contributed by atoms with Crippen molar-refractivity contribution in [2.75, 3.05) is 0 Å². The highest BCUT2D eigenvalue weighted by Crippen LogP contribution is 2.28. The summed E-state index contributed by atoms with van der Waals surface area (Å²) in [6, 6.07) is 18.3. The molecule has 0 radical (unpaired) electrons. The third kappa shape index (κ3) is 3.61. The molecule has 0 bridgehead atoms. The van der Waals surface area contributed by atoms with E-state index >= 15 is 0 Å². The molecular formula is C20H16N2O2S. The summed E-state index contributed by atoms with van der Waals surface area (Å²) in [7, 11) is 0. The van der Waals surface area contributed by atoms with E-state index in [1.54, 1.807) is 23.9 Å². The predicted octanol–water partition coefficient (Wildman–Crippen LogP) is 4.42. The molecule has 4 rings (SSSR count). The normalized spacial score (nSPS) is 10.9. The molecule has 0 unspecified atom stereocenters. The predicted molar refractivity (Wildman–Crippen MR) is 99.3 cm³/mol. The number of nitrogens with one attached hydrogen (secondary N) is 1. The number of fused-ring (bicyclic) bond motifs is 1. The minimum Gasteiger partial charge on any atom is -0.472 e.